The van der Waals surface area contributed by atoms with Crippen molar-refractivity contribution >= 4 is 10.0 Å². The first-order chi connectivity index (χ1) is 9.07. The van der Waals surface area contributed by atoms with Gasteiger partial charge < -0.3 is 9.88 Å². The van der Waals surface area contributed by atoms with Crippen LogP contribution in [0.15, 0.2) is 17.6 Å². The molecule has 1 aromatic heterocycles. The van der Waals surface area contributed by atoms with Gasteiger partial charge in [-0.05, 0) is 39.3 Å². The van der Waals surface area contributed by atoms with Gasteiger partial charge in [0, 0.05) is 25.8 Å². The molecule has 7 heteroatoms. The Morgan fingerprint density at radius 3 is 2.95 bits per heavy atom. The predicted octanol–water partition coefficient (Wildman–Crippen LogP) is 0.523. The molecular formula is C12H22N4O2S. The summed E-state index contributed by atoms with van der Waals surface area (Å²) in [5.74, 6) is 0.391. The fourth-order valence-electron chi connectivity index (χ4n) is 2.48. The largest absolute Gasteiger partial charge is 0.336 e. The minimum Gasteiger partial charge on any atom is -0.336 e. The Hall–Kier alpha value is -0.920. The van der Waals surface area contributed by atoms with Crippen LogP contribution in [0.1, 0.15) is 19.8 Å². The highest BCUT2D eigenvalue weighted by molar-refractivity contribution is 7.89. The SMILES string of the molecule is CCn1cnc(S(=O)(=O)N2CCCC(CNC)C2)c1. The fourth-order valence-corrected chi connectivity index (χ4v) is 3.97. The van der Waals surface area contributed by atoms with Crippen LogP contribution in [0, 0.1) is 5.92 Å². The maximum atomic E-state index is 12.5. The Morgan fingerprint density at radius 2 is 2.32 bits per heavy atom. The van der Waals surface area contributed by atoms with E-state index in [2.05, 4.69) is 10.3 Å². The van der Waals surface area contributed by atoms with E-state index in [0.717, 1.165) is 25.9 Å². The van der Waals surface area contributed by atoms with Crippen molar-refractivity contribution < 1.29 is 8.42 Å². The Kier molecular flexibility index (Phi) is 4.59. The number of hydrogen-bond acceptors (Lipinski definition) is 4. The standard InChI is InChI=1S/C12H22N4O2S/c1-3-15-9-12(14-10-15)19(17,18)16-6-4-5-11(8-16)7-13-2/h9-11,13H,3-8H2,1-2H3. The molecule has 1 aromatic rings. The summed E-state index contributed by atoms with van der Waals surface area (Å²) in [7, 11) is -1.53. The third-order valence-corrected chi connectivity index (χ3v) is 5.30. The van der Waals surface area contributed by atoms with Crippen molar-refractivity contribution in [3.8, 4) is 0 Å². The molecule has 1 aliphatic heterocycles. The number of hydrogen-bond donors (Lipinski definition) is 1. The Balaban J connectivity index is 2.14. The Labute approximate surface area is 114 Å². The van der Waals surface area contributed by atoms with Crippen LogP contribution in [-0.2, 0) is 16.6 Å². The third-order valence-electron chi connectivity index (χ3n) is 3.55. The summed E-state index contributed by atoms with van der Waals surface area (Å²) in [5.41, 5.74) is 0. The third kappa shape index (κ3) is 3.16. The van der Waals surface area contributed by atoms with Crippen LogP contribution in [0.25, 0.3) is 0 Å². The number of aromatic nitrogens is 2. The van der Waals surface area contributed by atoms with Crippen molar-refractivity contribution in [3.05, 3.63) is 12.5 Å². The zero-order valence-corrected chi connectivity index (χ0v) is 12.4. The van der Waals surface area contributed by atoms with Gasteiger partial charge in [-0.3, -0.25) is 0 Å². The highest BCUT2D eigenvalue weighted by Crippen LogP contribution is 2.22. The highest BCUT2D eigenvalue weighted by Gasteiger charge is 2.31. The average Bonchev–Trinajstić information content (AvgIpc) is 2.89. The Morgan fingerprint density at radius 1 is 1.53 bits per heavy atom. The number of aryl methyl sites for hydroxylation is 1. The average molecular weight is 286 g/mol. The van der Waals surface area contributed by atoms with Crippen molar-refractivity contribution in [2.45, 2.75) is 31.3 Å². The van der Waals surface area contributed by atoms with Crippen molar-refractivity contribution in [1.29, 1.82) is 0 Å². The van der Waals surface area contributed by atoms with E-state index in [1.807, 2.05) is 14.0 Å². The summed E-state index contributed by atoms with van der Waals surface area (Å²) in [5, 5.41) is 3.29. The van der Waals surface area contributed by atoms with E-state index >= 15 is 0 Å². The van der Waals surface area contributed by atoms with Gasteiger partial charge >= 0.3 is 0 Å². The van der Waals surface area contributed by atoms with E-state index in [9.17, 15) is 8.42 Å². The molecule has 1 saturated heterocycles. The van der Waals surface area contributed by atoms with Crippen LogP contribution in [0.3, 0.4) is 0 Å². The van der Waals surface area contributed by atoms with E-state index in [-0.39, 0.29) is 5.03 Å². The number of imidazole rings is 1. The first-order valence-corrected chi connectivity index (χ1v) is 8.18. The lowest BCUT2D eigenvalue weighted by atomic mass is 10.00. The molecule has 2 rings (SSSR count). The van der Waals surface area contributed by atoms with Gasteiger partial charge in [-0.15, -0.1) is 0 Å². The van der Waals surface area contributed by atoms with Gasteiger partial charge in [0.05, 0.1) is 6.33 Å². The van der Waals surface area contributed by atoms with Crippen LogP contribution in [-0.4, -0.2) is 49.0 Å². The van der Waals surface area contributed by atoms with E-state index < -0.39 is 10.0 Å². The number of rotatable bonds is 5. The molecule has 0 spiro atoms. The molecule has 0 aliphatic carbocycles. The molecule has 1 fully saturated rings. The molecule has 1 aliphatic rings. The van der Waals surface area contributed by atoms with Crippen LogP contribution in [0.4, 0.5) is 0 Å². The molecule has 0 aromatic carbocycles. The van der Waals surface area contributed by atoms with Gasteiger partial charge in [0.2, 0.25) is 0 Å². The number of sulfonamides is 1. The lowest BCUT2D eigenvalue weighted by Gasteiger charge is -2.31. The summed E-state index contributed by atoms with van der Waals surface area (Å²) >= 11 is 0. The Bertz CT molecular complexity index is 510. The topological polar surface area (TPSA) is 67.2 Å². The summed E-state index contributed by atoms with van der Waals surface area (Å²) in [6.45, 7) is 4.73. The highest BCUT2D eigenvalue weighted by atomic mass is 32.2. The maximum Gasteiger partial charge on any atom is 0.262 e. The predicted molar refractivity (Wildman–Crippen MR) is 73.3 cm³/mol. The van der Waals surface area contributed by atoms with Gasteiger partial charge in [-0.25, -0.2) is 13.4 Å². The second-order valence-corrected chi connectivity index (χ2v) is 6.86. The molecule has 0 amide bonds. The van der Waals surface area contributed by atoms with Crippen LogP contribution >= 0.6 is 0 Å². The monoisotopic (exact) mass is 286 g/mol. The number of nitrogens with one attached hydrogen (secondary N) is 1. The molecule has 1 unspecified atom stereocenters. The van der Waals surface area contributed by atoms with Crippen molar-refractivity contribution in [2.75, 3.05) is 26.7 Å². The zero-order valence-electron chi connectivity index (χ0n) is 11.5. The molecule has 6 nitrogen and oxygen atoms in total. The summed E-state index contributed by atoms with van der Waals surface area (Å²) in [6, 6.07) is 0. The first-order valence-electron chi connectivity index (χ1n) is 6.74. The lowest BCUT2D eigenvalue weighted by Crippen LogP contribution is -2.42. The van der Waals surface area contributed by atoms with Gasteiger partial charge in [0.25, 0.3) is 10.0 Å². The van der Waals surface area contributed by atoms with Gasteiger partial charge in [-0.2, -0.15) is 4.31 Å². The second kappa shape index (κ2) is 6.02. The summed E-state index contributed by atoms with van der Waals surface area (Å²) < 4.78 is 28.3. The van der Waals surface area contributed by atoms with Crippen molar-refractivity contribution in [2.24, 2.45) is 5.92 Å². The molecule has 0 radical (unpaired) electrons. The van der Waals surface area contributed by atoms with Gasteiger partial charge in [0.1, 0.15) is 0 Å². The molecule has 19 heavy (non-hydrogen) atoms. The molecular weight excluding hydrogens is 264 g/mol. The van der Waals surface area contributed by atoms with E-state index in [4.69, 9.17) is 0 Å². The summed E-state index contributed by atoms with van der Waals surface area (Å²) in [6.07, 6.45) is 5.18. The van der Waals surface area contributed by atoms with Crippen LogP contribution in [0.5, 0.6) is 0 Å². The minimum absolute atomic E-state index is 0.166. The molecule has 1 atom stereocenters. The molecule has 0 bridgehead atoms. The smallest absolute Gasteiger partial charge is 0.262 e. The van der Waals surface area contributed by atoms with Gasteiger partial charge in [0.15, 0.2) is 5.03 Å². The summed E-state index contributed by atoms with van der Waals surface area (Å²) in [4.78, 5) is 4.02. The first kappa shape index (κ1) is 14.5. The quantitative estimate of drug-likeness (QED) is 0.857. The second-order valence-electron chi connectivity index (χ2n) is 4.97. The molecule has 2 heterocycles. The van der Waals surface area contributed by atoms with Gasteiger partial charge in [-0.1, -0.05) is 0 Å². The molecule has 0 saturated carbocycles. The normalized spacial score (nSPS) is 21.7. The van der Waals surface area contributed by atoms with Crippen LogP contribution in [0.2, 0.25) is 0 Å². The molecule has 108 valence electrons. The van der Waals surface area contributed by atoms with E-state index in [1.54, 1.807) is 21.4 Å². The van der Waals surface area contributed by atoms with E-state index in [0.29, 0.717) is 19.0 Å². The van der Waals surface area contributed by atoms with Crippen molar-refractivity contribution in [1.82, 2.24) is 19.2 Å². The van der Waals surface area contributed by atoms with Crippen molar-refractivity contribution in [3.63, 3.8) is 0 Å². The molecule has 1 N–H and O–H groups in total. The fraction of sp³-hybridized carbons (Fsp3) is 0.750. The van der Waals surface area contributed by atoms with Crippen LogP contribution < -0.4 is 5.32 Å². The maximum absolute atomic E-state index is 12.5. The minimum atomic E-state index is -3.43. The zero-order chi connectivity index (χ0) is 13.9. The number of nitrogens with zero attached hydrogens (tertiary/aromatic N) is 3. The lowest BCUT2D eigenvalue weighted by molar-refractivity contribution is 0.263. The van der Waals surface area contributed by atoms with E-state index in [1.165, 1.54) is 0 Å². The number of piperidine rings is 1.